The fraction of sp³-hybridized carbons (Fsp3) is 0.357. The number of rotatable bonds is 5. The molecule has 3 aliphatic rings. The van der Waals surface area contributed by atoms with Crippen LogP contribution in [0.4, 0.5) is 18.9 Å². The number of thioether (sulfide) groups is 1. The van der Waals surface area contributed by atoms with Crippen LogP contribution in [-0.4, -0.2) is 52.6 Å². The van der Waals surface area contributed by atoms with E-state index in [-0.39, 0.29) is 23.1 Å². The second-order valence-electron chi connectivity index (χ2n) is 10.1. The zero-order valence-corrected chi connectivity index (χ0v) is 23.1. The number of carbonyl (C=O) groups is 3. The number of H-pyrrole nitrogens is 1. The lowest BCUT2D eigenvalue weighted by atomic mass is 9.83. The Bertz CT molecular complexity index is 1560. The van der Waals surface area contributed by atoms with Crippen LogP contribution in [0.5, 0.6) is 5.75 Å². The number of halogens is 3. The van der Waals surface area contributed by atoms with E-state index in [1.165, 1.54) is 6.07 Å². The maximum absolute atomic E-state index is 13.8. The van der Waals surface area contributed by atoms with Gasteiger partial charge in [-0.05, 0) is 55.2 Å². The van der Waals surface area contributed by atoms with E-state index in [1.807, 2.05) is 0 Å². The van der Waals surface area contributed by atoms with Crippen molar-refractivity contribution in [2.24, 2.45) is 5.92 Å². The lowest BCUT2D eigenvalue weighted by Gasteiger charge is -2.30. The first kappa shape index (κ1) is 27.6. The van der Waals surface area contributed by atoms with Crippen LogP contribution in [0, 0.1) is 5.92 Å². The second kappa shape index (κ2) is 10.7. The zero-order valence-electron chi connectivity index (χ0n) is 21.5. The number of benzene rings is 2. The highest BCUT2D eigenvalue weighted by Crippen LogP contribution is 2.53. The Labute approximate surface area is 240 Å². The van der Waals surface area contributed by atoms with Crippen molar-refractivity contribution in [2.45, 2.75) is 41.6 Å². The summed E-state index contributed by atoms with van der Waals surface area (Å²) in [5.41, 5.74) is -0.478. The van der Waals surface area contributed by atoms with Crippen molar-refractivity contribution in [3.05, 3.63) is 74.2 Å². The van der Waals surface area contributed by atoms with Crippen molar-refractivity contribution >= 4 is 46.5 Å². The van der Waals surface area contributed by atoms with Crippen molar-refractivity contribution in [3.8, 4) is 5.75 Å². The molecule has 2 saturated heterocycles. The highest BCUT2D eigenvalue weighted by molar-refractivity contribution is 8.00. The van der Waals surface area contributed by atoms with Crippen LogP contribution >= 0.6 is 23.1 Å². The van der Waals surface area contributed by atoms with Gasteiger partial charge in [-0.25, -0.2) is 4.90 Å². The van der Waals surface area contributed by atoms with Crippen LogP contribution in [0.2, 0.25) is 0 Å². The minimum Gasteiger partial charge on any atom is -0.484 e. The summed E-state index contributed by atoms with van der Waals surface area (Å²) in [4.78, 5) is 57.6. The summed E-state index contributed by atoms with van der Waals surface area (Å²) in [6.45, 7) is 1.33. The maximum Gasteiger partial charge on any atom is 0.416 e. The number of fused-ring (bicyclic) bond motifs is 2. The van der Waals surface area contributed by atoms with Crippen LogP contribution in [0.15, 0.2) is 58.4 Å². The molecule has 0 unspecified atom stereocenters. The predicted octanol–water partition coefficient (Wildman–Crippen LogP) is 4.64. The summed E-state index contributed by atoms with van der Waals surface area (Å²) in [5, 5.41) is -0.469. The topological polar surface area (TPSA) is 99.8 Å². The van der Waals surface area contributed by atoms with Gasteiger partial charge in [0.05, 0.1) is 22.2 Å². The Morgan fingerprint density at radius 3 is 2.44 bits per heavy atom. The second-order valence-corrected chi connectivity index (χ2v) is 12.3. The molecular formula is C28H24F3N3O5S2. The first-order valence-corrected chi connectivity index (χ1v) is 14.8. The molecule has 4 heterocycles. The summed E-state index contributed by atoms with van der Waals surface area (Å²) in [5.74, 6) is -2.53. The Kier molecular flexibility index (Phi) is 7.18. The molecule has 6 rings (SSSR count). The van der Waals surface area contributed by atoms with Crippen LogP contribution in [0.25, 0.3) is 0 Å². The number of amides is 3. The number of aromatic amines is 1. The van der Waals surface area contributed by atoms with Crippen molar-refractivity contribution < 1.29 is 32.3 Å². The minimum absolute atomic E-state index is 0.0904. The van der Waals surface area contributed by atoms with Crippen LogP contribution in [-0.2, 0) is 20.6 Å². The minimum atomic E-state index is -4.64. The average molecular weight is 604 g/mol. The molecule has 41 heavy (non-hydrogen) atoms. The van der Waals surface area contributed by atoms with Gasteiger partial charge in [0.2, 0.25) is 11.8 Å². The molecule has 8 nitrogen and oxygen atoms in total. The van der Waals surface area contributed by atoms with Gasteiger partial charge in [0, 0.05) is 23.9 Å². The summed E-state index contributed by atoms with van der Waals surface area (Å²) in [7, 11) is 0. The fourth-order valence-corrected chi connectivity index (χ4v) is 8.12. The highest BCUT2D eigenvalue weighted by atomic mass is 32.2. The van der Waals surface area contributed by atoms with Gasteiger partial charge in [-0.1, -0.05) is 41.3 Å². The number of ether oxygens (including phenoxy) is 1. The van der Waals surface area contributed by atoms with Gasteiger partial charge < -0.3 is 14.6 Å². The van der Waals surface area contributed by atoms with E-state index < -0.39 is 40.6 Å². The molecule has 3 aromatic rings. The summed E-state index contributed by atoms with van der Waals surface area (Å²) in [6, 6.07) is 10.9. The Morgan fingerprint density at radius 1 is 1.00 bits per heavy atom. The van der Waals surface area contributed by atoms with Gasteiger partial charge >= 0.3 is 11.0 Å². The van der Waals surface area contributed by atoms with Gasteiger partial charge in [0.15, 0.2) is 6.61 Å². The number of alkyl halides is 3. The maximum atomic E-state index is 13.8. The Hall–Kier alpha value is -3.58. The van der Waals surface area contributed by atoms with E-state index >= 15 is 0 Å². The molecular weight excluding hydrogens is 579 g/mol. The van der Waals surface area contributed by atoms with Gasteiger partial charge in [-0.2, -0.15) is 13.2 Å². The van der Waals surface area contributed by atoms with Crippen molar-refractivity contribution in [2.75, 3.05) is 24.6 Å². The largest absolute Gasteiger partial charge is 0.484 e. The highest BCUT2D eigenvalue weighted by Gasteiger charge is 2.56. The van der Waals surface area contributed by atoms with E-state index in [4.69, 9.17) is 4.74 Å². The van der Waals surface area contributed by atoms with Crippen LogP contribution < -0.4 is 14.5 Å². The summed E-state index contributed by atoms with van der Waals surface area (Å²) in [6.07, 6.45) is -1.58. The first-order valence-electron chi connectivity index (χ1n) is 13.1. The molecule has 3 atom stereocenters. The summed E-state index contributed by atoms with van der Waals surface area (Å²) >= 11 is 1.99. The monoisotopic (exact) mass is 603 g/mol. The average Bonchev–Trinajstić information content (AvgIpc) is 3.46. The molecule has 13 heteroatoms. The molecule has 3 amide bonds. The number of thiazole rings is 1. The number of hydrogen-bond donors (Lipinski definition) is 1. The quantitative estimate of drug-likeness (QED) is 0.427. The van der Waals surface area contributed by atoms with E-state index in [9.17, 15) is 32.3 Å². The number of nitrogens with one attached hydrogen (secondary N) is 1. The van der Waals surface area contributed by atoms with E-state index in [1.54, 1.807) is 29.2 Å². The van der Waals surface area contributed by atoms with Gasteiger partial charge in [0.1, 0.15) is 11.0 Å². The SMILES string of the molecule is O=C(COc1ccc([C@@H]2c3sc(=O)[nH]c3S[C@H]3C(=O)N(c4cccc(C(F)(F)F)c4)C(=O)[C@@H]23)cc1)N1CCCCC1. The number of carbonyl (C=O) groups excluding carboxylic acids is 3. The number of imide groups is 1. The lowest BCUT2D eigenvalue weighted by molar-refractivity contribution is -0.137. The number of nitrogens with zero attached hydrogens (tertiary/aromatic N) is 2. The van der Waals surface area contributed by atoms with Crippen LogP contribution in [0.3, 0.4) is 0 Å². The number of anilines is 1. The molecule has 0 saturated carbocycles. The molecule has 0 bridgehead atoms. The van der Waals surface area contributed by atoms with Crippen molar-refractivity contribution in [1.82, 2.24) is 9.88 Å². The van der Waals surface area contributed by atoms with E-state index in [2.05, 4.69) is 4.98 Å². The van der Waals surface area contributed by atoms with Crippen molar-refractivity contribution in [1.29, 1.82) is 0 Å². The molecule has 1 N–H and O–H groups in total. The van der Waals surface area contributed by atoms with Crippen molar-refractivity contribution in [3.63, 3.8) is 0 Å². The smallest absolute Gasteiger partial charge is 0.416 e. The number of aromatic nitrogens is 1. The molecule has 214 valence electrons. The van der Waals surface area contributed by atoms with Gasteiger partial charge in [-0.15, -0.1) is 0 Å². The molecule has 1 aromatic heterocycles. The molecule has 0 spiro atoms. The molecule has 0 aliphatic carbocycles. The molecule has 3 aliphatic heterocycles. The lowest BCUT2D eigenvalue weighted by Crippen LogP contribution is -2.38. The van der Waals surface area contributed by atoms with Gasteiger partial charge in [-0.3, -0.25) is 19.2 Å². The zero-order chi connectivity index (χ0) is 28.9. The Morgan fingerprint density at radius 2 is 1.73 bits per heavy atom. The van der Waals surface area contributed by atoms with E-state index in [0.717, 1.165) is 78.5 Å². The molecule has 2 fully saturated rings. The van der Waals surface area contributed by atoms with E-state index in [0.29, 0.717) is 21.2 Å². The normalized spacial score (nSPS) is 22.5. The number of likely N-dealkylation sites (tertiary alicyclic amines) is 1. The number of hydrogen-bond acceptors (Lipinski definition) is 7. The third kappa shape index (κ3) is 5.16. The first-order chi connectivity index (χ1) is 19.6. The standard InChI is InChI=1S/C28H24F3N3O5S2/c29-28(30,31)16-5-4-6-17(13-16)34-25(36)21-20(22-24(32-27(38)41-22)40-23(21)26(34)37)15-7-9-18(10-8-15)39-14-19(35)33-11-2-1-3-12-33/h4-10,13,20-21,23H,1-3,11-12,14H2,(H,32,38)/t20-,21-,23+/m0/s1. The Balaban J connectivity index is 1.28. The summed E-state index contributed by atoms with van der Waals surface area (Å²) < 4.78 is 45.8. The predicted molar refractivity (Wildman–Crippen MR) is 146 cm³/mol. The number of piperidine rings is 1. The third-order valence-corrected chi connectivity index (χ3v) is 9.97. The third-order valence-electron chi connectivity index (χ3n) is 7.57. The van der Waals surface area contributed by atoms with Gasteiger partial charge in [0.25, 0.3) is 5.91 Å². The fourth-order valence-electron chi connectivity index (χ4n) is 5.60. The van der Waals surface area contributed by atoms with Crippen LogP contribution in [0.1, 0.15) is 41.2 Å². The molecule has 0 radical (unpaired) electrons. The molecule has 2 aromatic carbocycles.